The molecule has 24 heavy (non-hydrogen) atoms. The van der Waals surface area contributed by atoms with Crippen molar-refractivity contribution < 1.29 is 9.90 Å². The molecule has 0 saturated carbocycles. The van der Waals surface area contributed by atoms with Crippen molar-refractivity contribution >= 4 is 5.91 Å². The lowest BCUT2D eigenvalue weighted by atomic mass is 10.1. The summed E-state index contributed by atoms with van der Waals surface area (Å²) in [6.45, 7) is 12.1. The van der Waals surface area contributed by atoms with E-state index in [2.05, 4.69) is 30.6 Å². The van der Waals surface area contributed by atoms with Gasteiger partial charge in [0.25, 0.3) is 0 Å². The highest BCUT2D eigenvalue weighted by Gasteiger charge is 2.29. The molecule has 1 aromatic rings. The molecular formula is C19H33N3O2. The van der Waals surface area contributed by atoms with Gasteiger partial charge >= 0.3 is 0 Å². The molecule has 5 heteroatoms. The highest BCUT2D eigenvalue weighted by molar-refractivity contribution is 5.77. The Balaban J connectivity index is 1.98. The maximum Gasteiger partial charge on any atom is 0.223 e. The minimum Gasteiger partial charge on any atom is -0.393 e. The maximum absolute atomic E-state index is 12.6. The SMILES string of the molecule is Cc1nn(CC(C)C)c(C)c1CCC(=O)N1CCCC1CC(C)O. The van der Waals surface area contributed by atoms with Gasteiger partial charge < -0.3 is 10.0 Å². The van der Waals surface area contributed by atoms with Gasteiger partial charge in [-0.25, -0.2) is 0 Å². The Bertz CT molecular complexity index is 563. The predicted molar refractivity (Wildman–Crippen MR) is 95.9 cm³/mol. The predicted octanol–water partition coefficient (Wildman–Crippen LogP) is 2.85. The second kappa shape index (κ2) is 8.15. The lowest BCUT2D eigenvalue weighted by Crippen LogP contribution is -2.37. The zero-order valence-corrected chi connectivity index (χ0v) is 15.9. The Kier molecular flexibility index (Phi) is 6.44. The molecule has 0 aliphatic carbocycles. The van der Waals surface area contributed by atoms with Gasteiger partial charge in [-0.1, -0.05) is 13.8 Å². The van der Waals surface area contributed by atoms with E-state index >= 15 is 0 Å². The van der Waals surface area contributed by atoms with Gasteiger partial charge in [-0.05, 0) is 57.9 Å². The fraction of sp³-hybridized carbons (Fsp3) is 0.789. The Morgan fingerprint density at radius 2 is 2.04 bits per heavy atom. The van der Waals surface area contributed by atoms with Crippen molar-refractivity contribution in [2.45, 2.75) is 85.4 Å². The van der Waals surface area contributed by atoms with Gasteiger partial charge in [0.15, 0.2) is 0 Å². The van der Waals surface area contributed by atoms with E-state index in [4.69, 9.17) is 0 Å². The molecule has 1 aliphatic rings. The highest BCUT2D eigenvalue weighted by atomic mass is 16.3. The quantitative estimate of drug-likeness (QED) is 0.833. The van der Waals surface area contributed by atoms with Crippen LogP contribution in [-0.4, -0.2) is 44.4 Å². The second-order valence-electron chi connectivity index (χ2n) is 7.69. The number of aryl methyl sites for hydroxylation is 1. The molecule has 0 aromatic carbocycles. The molecule has 1 amide bonds. The summed E-state index contributed by atoms with van der Waals surface area (Å²) in [6.07, 6.45) is 3.70. The van der Waals surface area contributed by atoms with Gasteiger partial charge in [-0.2, -0.15) is 5.10 Å². The van der Waals surface area contributed by atoms with Crippen LogP contribution in [0.3, 0.4) is 0 Å². The monoisotopic (exact) mass is 335 g/mol. The molecule has 2 rings (SSSR count). The topological polar surface area (TPSA) is 58.4 Å². The first-order valence-electron chi connectivity index (χ1n) is 9.30. The van der Waals surface area contributed by atoms with Crippen LogP contribution in [0.15, 0.2) is 0 Å². The van der Waals surface area contributed by atoms with Crippen molar-refractivity contribution in [2.75, 3.05) is 6.54 Å². The number of amides is 1. The number of aromatic nitrogens is 2. The largest absolute Gasteiger partial charge is 0.393 e. The van der Waals surface area contributed by atoms with E-state index in [0.717, 1.165) is 38.0 Å². The van der Waals surface area contributed by atoms with Crippen LogP contribution in [0, 0.1) is 19.8 Å². The Hall–Kier alpha value is -1.36. The van der Waals surface area contributed by atoms with E-state index in [1.54, 1.807) is 6.92 Å². The van der Waals surface area contributed by atoms with Gasteiger partial charge in [0.2, 0.25) is 5.91 Å². The number of carbonyl (C=O) groups excluding carboxylic acids is 1. The van der Waals surface area contributed by atoms with Crippen LogP contribution in [0.2, 0.25) is 0 Å². The molecule has 2 unspecified atom stereocenters. The molecule has 5 nitrogen and oxygen atoms in total. The summed E-state index contributed by atoms with van der Waals surface area (Å²) in [5.41, 5.74) is 3.45. The van der Waals surface area contributed by atoms with Gasteiger partial charge in [0.05, 0.1) is 11.8 Å². The van der Waals surface area contributed by atoms with Gasteiger partial charge in [0, 0.05) is 31.2 Å². The van der Waals surface area contributed by atoms with E-state index in [0.29, 0.717) is 18.8 Å². The number of hydrogen-bond donors (Lipinski definition) is 1. The maximum atomic E-state index is 12.6. The van der Waals surface area contributed by atoms with E-state index in [1.165, 1.54) is 11.3 Å². The molecule has 2 heterocycles. The highest BCUT2D eigenvalue weighted by Crippen LogP contribution is 2.23. The molecule has 1 saturated heterocycles. The standard InChI is InChI=1S/C19H33N3O2/c1-13(2)12-22-16(5)18(15(4)20-22)8-9-19(24)21-10-6-7-17(21)11-14(3)23/h13-14,17,23H,6-12H2,1-5H3. The lowest BCUT2D eigenvalue weighted by Gasteiger charge is -2.25. The van der Waals surface area contributed by atoms with Crippen LogP contribution in [0.25, 0.3) is 0 Å². The molecule has 1 aliphatic heterocycles. The molecule has 2 atom stereocenters. The minimum atomic E-state index is -0.345. The third-order valence-electron chi connectivity index (χ3n) is 4.97. The van der Waals surface area contributed by atoms with E-state index in [9.17, 15) is 9.90 Å². The lowest BCUT2D eigenvalue weighted by molar-refractivity contribution is -0.132. The van der Waals surface area contributed by atoms with Gasteiger partial charge in [-0.15, -0.1) is 0 Å². The summed E-state index contributed by atoms with van der Waals surface area (Å²) in [6, 6.07) is 0.211. The van der Waals surface area contributed by atoms with Crippen LogP contribution < -0.4 is 0 Å². The first-order chi connectivity index (χ1) is 11.3. The molecule has 1 N–H and O–H groups in total. The Morgan fingerprint density at radius 1 is 1.33 bits per heavy atom. The van der Waals surface area contributed by atoms with Crippen LogP contribution >= 0.6 is 0 Å². The molecule has 0 bridgehead atoms. The fourth-order valence-electron chi connectivity index (χ4n) is 3.80. The zero-order valence-electron chi connectivity index (χ0n) is 15.9. The number of carbonyl (C=O) groups is 1. The molecule has 1 aromatic heterocycles. The third kappa shape index (κ3) is 4.59. The number of aliphatic hydroxyl groups excluding tert-OH is 1. The summed E-state index contributed by atoms with van der Waals surface area (Å²) in [7, 11) is 0. The van der Waals surface area contributed by atoms with Crippen LogP contribution in [0.1, 0.15) is 63.4 Å². The van der Waals surface area contributed by atoms with Crippen molar-refractivity contribution in [2.24, 2.45) is 5.92 Å². The van der Waals surface area contributed by atoms with Crippen molar-refractivity contribution in [3.8, 4) is 0 Å². The molecule has 0 radical (unpaired) electrons. The summed E-state index contributed by atoms with van der Waals surface area (Å²) in [5.74, 6) is 0.775. The average molecular weight is 335 g/mol. The fourth-order valence-corrected chi connectivity index (χ4v) is 3.80. The Morgan fingerprint density at radius 3 is 2.67 bits per heavy atom. The minimum absolute atomic E-state index is 0.211. The third-order valence-corrected chi connectivity index (χ3v) is 4.97. The average Bonchev–Trinajstić information content (AvgIpc) is 3.02. The van der Waals surface area contributed by atoms with E-state index in [-0.39, 0.29) is 18.1 Å². The summed E-state index contributed by atoms with van der Waals surface area (Å²) in [5, 5.41) is 14.3. The molecule has 1 fully saturated rings. The van der Waals surface area contributed by atoms with Gasteiger partial charge in [0.1, 0.15) is 0 Å². The number of aliphatic hydroxyl groups is 1. The first-order valence-corrected chi connectivity index (χ1v) is 9.30. The van der Waals surface area contributed by atoms with Crippen molar-refractivity contribution in [3.63, 3.8) is 0 Å². The summed E-state index contributed by atoms with van der Waals surface area (Å²) < 4.78 is 2.08. The molecular weight excluding hydrogens is 302 g/mol. The summed E-state index contributed by atoms with van der Waals surface area (Å²) in [4.78, 5) is 14.6. The number of likely N-dealkylation sites (tertiary alicyclic amines) is 1. The van der Waals surface area contributed by atoms with Gasteiger partial charge in [-0.3, -0.25) is 9.48 Å². The van der Waals surface area contributed by atoms with Crippen molar-refractivity contribution in [3.05, 3.63) is 17.0 Å². The molecule has 0 spiro atoms. The second-order valence-corrected chi connectivity index (χ2v) is 7.69. The number of nitrogens with zero attached hydrogens (tertiary/aromatic N) is 3. The molecule has 136 valence electrons. The normalized spacial score (nSPS) is 19.3. The summed E-state index contributed by atoms with van der Waals surface area (Å²) >= 11 is 0. The first kappa shape index (κ1) is 19.0. The van der Waals surface area contributed by atoms with Crippen LogP contribution in [0.4, 0.5) is 0 Å². The van der Waals surface area contributed by atoms with Crippen molar-refractivity contribution in [1.82, 2.24) is 14.7 Å². The van der Waals surface area contributed by atoms with E-state index in [1.807, 2.05) is 11.8 Å². The number of rotatable bonds is 7. The Labute approximate surface area is 146 Å². The van der Waals surface area contributed by atoms with Crippen LogP contribution in [0.5, 0.6) is 0 Å². The smallest absolute Gasteiger partial charge is 0.223 e. The zero-order chi connectivity index (χ0) is 17.9. The van der Waals surface area contributed by atoms with E-state index < -0.39 is 0 Å². The van der Waals surface area contributed by atoms with Crippen LogP contribution in [-0.2, 0) is 17.8 Å². The van der Waals surface area contributed by atoms with Crippen molar-refractivity contribution in [1.29, 1.82) is 0 Å². The number of hydrogen-bond acceptors (Lipinski definition) is 3.